The Morgan fingerprint density at radius 1 is 1.33 bits per heavy atom. The summed E-state index contributed by atoms with van der Waals surface area (Å²) >= 11 is 10.9. The summed E-state index contributed by atoms with van der Waals surface area (Å²) in [5.41, 5.74) is 2.68. The van der Waals surface area contributed by atoms with Crippen molar-refractivity contribution in [3.05, 3.63) is 49.1 Å². The summed E-state index contributed by atoms with van der Waals surface area (Å²) in [5, 5.41) is 3.41. The van der Waals surface area contributed by atoms with Crippen molar-refractivity contribution in [2.75, 3.05) is 5.32 Å². The number of thiophene rings is 1. The van der Waals surface area contributed by atoms with Gasteiger partial charge in [0.2, 0.25) is 0 Å². The minimum atomic E-state index is -0.134. The van der Waals surface area contributed by atoms with Gasteiger partial charge in [0.05, 0.1) is 19.4 Å². The van der Waals surface area contributed by atoms with Crippen LogP contribution < -0.4 is 5.32 Å². The molecule has 0 aliphatic heterocycles. The van der Waals surface area contributed by atoms with E-state index in [2.05, 4.69) is 21.2 Å². The highest BCUT2D eigenvalue weighted by molar-refractivity contribution is 9.11. The molecule has 0 radical (unpaired) electrons. The molecule has 5 heteroatoms. The second kappa shape index (κ2) is 5.43. The van der Waals surface area contributed by atoms with Crippen molar-refractivity contribution in [3.63, 3.8) is 0 Å². The first kappa shape index (κ1) is 13.6. The number of anilines is 1. The fourth-order valence-corrected chi connectivity index (χ4v) is 3.24. The maximum atomic E-state index is 12.1. The standard InChI is InChI=1S/C13H11BrClNOS/c1-7-4-3-5-9(15)11(7)16-13(17)10-6-8(2)12(14)18-10/h3-6H,1-2H3,(H,16,17). The largest absolute Gasteiger partial charge is 0.320 e. The summed E-state index contributed by atoms with van der Waals surface area (Å²) in [6.45, 7) is 3.87. The molecule has 94 valence electrons. The predicted molar refractivity (Wildman–Crippen MR) is 80.9 cm³/mol. The van der Waals surface area contributed by atoms with Crippen LogP contribution in [0, 0.1) is 13.8 Å². The summed E-state index contributed by atoms with van der Waals surface area (Å²) in [6, 6.07) is 7.40. The van der Waals surface area contributed by atoms with E-state index in [0.717, 1.165) is 14.9 Å². The van der Waals surface area contributed by atoms with Crippen LogP contribution in [0.4, 0.5) is 5.69 Å². The van der Waals surface area contributed by atoms with E-state index in [1.165, 1.54) is 11.3 Å². The Morgan fingerprint density at radius 2 is 2.06 bits per heavy atom. The summed E-state index contributed by atoms with van der Waals surface area (Å²) in [5.74, 6) is -0.134. The molecule has 0 saturated carbocycles. The monoisotopic (exact) mass is 343 g/mol. The van der Waals surface area contributed by atoms with E-state index in [0.29, 0.717) is 15.6 Å². The number of carbonyl (C=O) groups excluding carboxylic acids is 1. The normalized spacial score (nSPS) is 10.4. The summed E-state index contributed by atoms with van der Waals surface area (Å²) in [4.78, 5) is 12.8. The van der Waals surface area contributed by atoms with Crippen molar-refractivity contribution in [2.24, 2.45) is 0 Å². The Balaban J connectivity index is 2.27. The van der Waals surface area contributed by atoms with Crippen LogP contribution in [0.2, 0.25) is 5.02 Å². The van der Waals surface area contributed by atoms with Crippen LogP contribution in [-0.2, 0) is 0 Å². The van der Waals surface area contributed by atoms with Gasteiger partial charge in [0.25, 0.3) is 5.91 Å². The fourth-order valence-electron chi connectivity index (χ4n) is 1.54. The van der Waals surface area contributed by atoms with Gasteiger partial charge in [-0.05, 0) is 53.0 Å². The number of hydrogen-bond donors (Lipinski definition) is 1. The number of hydrogen-bond acceptors (Lipinski definition) is 2. The number of benzene rings is 1. The van der Waals surface area contributed by atoms with Crippen molar-refractivity contribution >= 4 is 50.5 Å². The second-order valence-corrected chi connectivity index (χ2v) is 6.73. The Bertz CT molecular complexity index is 569. The number of para-hydroxylation sites is 1. The highest BCUT2D eigenvalue weighted by atomic mass is 79.9. The molecule has 1 amide bonds. The van der Waals surface area contributed by atoms with Gasteiger partial charge in [-0.1, -0.05) is 23.7 Å². The van der Waals surface area contributed by atoms with Gasteiger partial charge in [0.15, 0.2) is 0 Å². The van der Waals surface area contributed by atoms with E-state index < -0.39 is 0 Å². The van der Waals surface area contributed by atoms with Gasteiger partial charge < -0.3 is 5.32 Å². The fraction of sp³-hybridized carbons (Fsp3) is 0.154. The molecule has 0 saturated heterocycles. The van der Waals surface area contributed by atoms with E-state index in [9.17, 15) is 4.79 Å². The zero-order valence-electron chi connectivity index (χ0n) is 9.88. The maximum Gasteiger partial charge on any atom is 0.265 e. The highest BCUT2D eigenvalue weighted by Gasteiger charge is 2.13. The number of amides is 1. The summed E-state index contributed by atoms with van der Waals surface area (Å²) < 4.78 is 0.975. The molecule has 1 heterocycles. The average molecular weight is 345 g/mol. The molecule has 0 aliphatic carbocycles. The lowest BCUT2D eigenvalue weighted by Crippen LogP contribution is -2.11. The molecular weight excluding hydrogens is 334 g/mol. The van der Waals surface area contributed by atoms with Crippen molar-refractivity contribution in [1.29, 1.82) is 0 Å². The maximum absolute atomic E-state index is 12.1. The van der Waals surface area contributed by atoms with E-state index in [-0.39, 0.29) is 5.91 Å². The number of nitrogens with one attached hydrogen (secondary N) is 1. The Labute approximate surface area is 123 Å². The smallest absolute Gasteiger partial charge is 0.265 e. The molecule has 2 aromatic rings. The van der Waals surface area contributed by atoms with E-state index >= 15 is 0 Å². The highest BCUT2D eigenvalue weighted by Crippen LogP contribution is 2.30. The first-order valence-electron chi connectivity index (χ1n) is 5.31. The van der Waals surface area contributed by atoms with Crippen LogP contribution in [0.25, 0.3) is 0 Å². The van der Waals surface area contributed by atoms with Crippen LogP contribution in [-0.4, -0.2) is 5.91 Å². The first-order valence-corrected chi connectivity index (χ1v) is 7.30. The second-order valence-electron chi connectivity index (χ2n) is 3.95. The molecule has 18 heavy (non-hydrogen) atoms. The number of carbonyl (C=O) groups is 1. The number of rotatable bonds is 2. The Kier molecular flexibility index (Phi) is 4.10. The third-order valence-electron chi connectivity index (χ3n) is 2.54. The van der Waals surface area contributed by atoms with Crippen LogP contribution in [0.3, 0.4) is 0 Å². The van der Waals surface area contributed by atoms with Gasteiger partial charge in [-0.2, -0.15) is 0 Å². The molecular formula is C13H11BrClNOS. The zero-order chi connectivity index (χ0) is 13.3. The van der Waals surface area contributed by atoms with Crippen LogP contribution >= 0.6 is 38.9 Å². The lowest BCUT2D eigenvalue weighted by molar-refractivity contribution is 0.103. The van der Waals surface area contributed by atoms with Crippen molar-refractivity contribution in [3.8, 4) is 0 Å². The van der Waals surface area contributed by atoms with Gasteiger partial charge in [0.1, 0.15) is 0 Å². The molecule has 0 fully saturated rings. The van der Waals surface area contributed by atoms with E-state index in [4.69, 9.17) is 11.6 Å². The number of halogens is 2. The molecule has 2 nitrogen and oxygen atoms in total. The van der Waals surface area contributed by atoms with Gasteiger partial charge in [-0.25, -0.2) is 0 Å². The molecule has 2 rings (SSSR count). The van der Waals surface area contributed by atoms with E-state index in [1.807, 2.05) is 32.0 Å². The molecule has 0 aliphatic rings. The molecule has 0 spiro atoms. The third-order valence-corrected chi connectivity index (χ3v) is 4.99. The van der Waals surface area contributed by atoms with Gasteiger partial charge >= 0.3 is 0 Å². The number of aryl methyl sites for hydroxylation is 2. The van der Waals surface area contributed by atoms with Crippen molar-refractivity contribution in [1.82, 2.24) is 0 Å². The predicted octanol–water partition coefficient (Wildman–Crippen LogP) is 5.03. The van der Waals surface area contributed by atoms with Crippen molar-refractivity contribution < 1.29 is 4.79 Å². The van der Waals surface area contributed by atoms with E-state index in [1.54, 1.807) is 6.07 Å². The zero-order valence-corrected chi connectivity index (χ0v) is 13.0. The van der Waals surface area contributed by atoms with Gasteiger partial charge in [0, 0.05) is 0 Å². The SMILES string of the molecule is Cc1cc(C(=O)Nc2c(C)cccc2Cl)sc1Br. The minimum absolute atomic E-state index is 0.134. The van der Waals surface area contributed by atoms with Crippen LogP contribution in [0.5, 0.6) is 0 Å². The third kappa shape index (κ3) is 2.76. The van der Waals surface area contributed by atoms with Crippen molar-refractivity contribution in [2.45, 2.75) is 13.8 Å². The first-order chi connectivity index (χ1) is 8.49. The topological polar surface area (TPSA) is 29.1 Å². The van der Waals surface area contributed by atoms with Gasteiger partial charge in [-0.15, -0.1) is 11.3 Å². The molecule has 1 N–H and O–H groups in total. The lowest BCUT2D eigenvalue weighted by atomic mass is 10.2. The molecule has 1 aromatic heterocycles. The summed E-state index contributed by atoms with van der Waals surface area (Å²) in [6.07, 6.45) is 0. The summed E-state index contributed by atoms with van der Waals surface area (Å²) in [7, 11) is 0. The quantitative estimate of drug-likeness (QED) is 0.813. The lowest BCUT2D eigenvalue weighted by Gasteiger charge is -2.08. The average Bonchev–Trinajstić information content (AvgIpc) is 2.64. The van der Waals surface area contributed by atoms with Crippen LogP contribution in [0.1, 0.15) is 20.8 Å². The molecule has 0 unspecified atom stereocenters. The Morgan fingerprint density at radius 3 is 2.61 bits per heavy atom. The Hall–Kier alpha value is -0.840. The molecule has 0 bridgehead atoms. The van der Waals surface area contributed by atoms with Gasteiger partial charge in [-0.3, -0.25) is 4.79 Å². The minimum Gasteiger partial charge on any atom is -0.320 e. The molecule has 1 aromatic carbocycles. The molecule has 0 atom stereocenters. The van der Waals surface area contributed by atoms with Crippen LogP contribution in [0.15, 0.2) is 28.1 Å².